The SMILES string of the molecule is CC(C)C1=CC(=O)C2=C(C(=O)CC3C(C)(C)CCCC23C)C1=O. The van der Waals surface area contributed by atoms with Gasteiger partial charge in [-0.1, -0.05) is 41.0 Å². The van der Waals surface area contributed by atoms with Gasteiger partial charge in [0.25, 0.3) is 0 Å². The van der Waals surface area contributed by atoms with E-state index in [4.69, 9.17) is 0 Å². The van der Waals surface area contributed by atoms with Gasteiger partial charge < -0.3 is 0 Å². The molecule has 0 aromatic rings. The van der Waals surface area contributed by atoms with Crippen molar-refractivity contribution >= 4 is 17.3 Å². The van der Waals surface area contributed by atoms with E-state index in [1.165, 1.54) is 6.08 Å². The summed E-state index contributed by atoms with van der Waals surface area (Å²) < 4.78 is 0. The van der Waals surface area contributed by atoms with Gasteiger partial charge >= 0.3 is 0 Å². The van der Waals surface area contributed by atoms with E-state index in [1.807, 2.05) is 13.8 Å². The van der Waals surface area contributed by atoms with E-state index in [0.717, 1.165) is 19.3 Å². The van der Waals surface area contributed by atoms with E-state index in [2.05, 4.69) is 20.8 Å². The van der Waals surface area contributed by atoms with Crippen molar-refractivity contribution in [2.45, 2.75) is 60.3 Å². The van der Waals surface area contributed by atoms with Crippen molar-refractivity contribution in [1.29, 1.82) is 0 Å². The first kappa shape index (κ1) is 16.4. The van der Waals surface area contributed by atoms with Crippen LogP contribution in [0.1, 0.15) is 60.3 Å². The van der Waals surface area contributed by atoms with Crippen LogP contribution in [0.2, 0.25) is 0 Å². The number of hydrogen-bond acceptors (Lipinski definition) is 3. The molecule has 1 saturated carbocycles. The molecular formula is C20H26O3. The average Bonchev–Trinajstić information content (AvgIpc) is 2.43. The molecule has 0 aliphatic heterocycles. The van der Waals surface area contributed by atoms with Gasteiger partial charge in [-0.2, -0.15) is 0 Å². The molecule has 3 heteroatoms. The molecule has 23 heavy (non-hydrogen) atoms. The van der Waals surface area contributed by atoms with Gasteiger partial charge in [-0.05, 0) is 36.2 Å². The zero-order valence-corrected chi connectivity index (χ0v) is 14.8. The van der Waals surface area contributed by atoms with Crippen molar-refractivity contribution in [3.05, 3.63) is 22.8 Å². The summed E-state index contributed by atoms with van der Waals surface area (Å²) in [6, 6.07) is 0. The van der Waals surface area contributed by atoms with E-state index in [-0.39, 0.29) is 45.6 Å². The third-order valence-electron chi connectivity index (χ3n) is 6.36. The first-order valence-electron chi connectivity index (χ1n) is 8.68. The molecule has 3 rings (SSSR count). The minimum absolute atomic E-state index is 0.0204. The van der Waals surface area contributed by atoms with Gasteiger partial charge in [0.05, 0.1) is 5.57 Å². The molecule has 3 nitrogen and oxygen atoms in total. The Labute approximate surface area is 138 Å². The predicted octanol–water partition coefficient (Wildman–Crippen LogP) is 3.82. The van der Waals surface area contributed by atoms with Gasteiger partial charge in [-0.15, -0.1) is 0 Å². The van der Waals surface area contributed by atoms with Crippen LogP contribution in [0, 0.1) is 22.7 Å². The third-order valence-corrected chi connectivity index (χ3v) is 6.36. The summed E-state index contributed by atoms with van der Waals surface area (Å²) in [5, 5.41) is 0. The number of fused-ring (bicyclic) bond motifs is 2. The summed E-state index contributed by atoms with van der Waals surface area (Å²) in [5.41, 5.74) is 0.876. The van der Waals surface area contributed by atoms with Crippen molar-refractivity contribution in [2.24, 2.45) is 22.7 Å². The van der Waals surface area contributed by atoms with Crippen molar-refractivity contribution < 1.29 is 14.4 Å². The Morgan fingerprint density at radius 3 is 2.35 bits per heavy atom. The maximum atomic E-state index is 12.9. The molecule has 2 unspecified atom stereocenters. The molecule has 0 amide bonds. The quantitative estimate of drug-likeness (QED) is 0.546. The molecule has 0 aromatic heterocycles. The van der Waals surface area contributed by atoms with Crippen LogP contribution >= 0.6 is 0 Å². The van der Waals surface area contributed by atoms with E-state index in [9.17, 15) is 14.4 Å². The zero-order valence-electron chi connectivity index (χ0n) is 14.8. The van der Waals surface area contributed by atoms with Crippen molar-refractivity contribution in [1.82, 2.24) is 0 Å². The lowest BCUT2D eigenvalue weighted by molar-refractivity contribution is -0.129. The molecule has 124 valence electrons. The van der Waals surface area contributed by atoms with Gasteiger partial charge in [-0.25, -0.2) is 0 Å². The highest BCUT2D eigenvalue weighted by atomic mass is 16.2. The van der Waals surface area contributed by atoms with Gasteiger partial charge in [0.15, 0.2) is 17.3 Å². The summed E-state index contributed by atoms with van der Waals surface area (Å²) >= 11 is 0. The van der Waals surface area contributed by atoms with Crippen LogP contribution in [0.4, 0.5) is 0 Å². The highest BCUT2D eigenvalue weighted by molar-refractivity contribution is 6.35. The van der Waals surface area contributed by atoms with E-state index >= 15 is 0 Å². The van der Waals surface area contributed by atoms with Crippen molar-refractivity contribution in [3.8, 4) is 0 Å². The number of ketones is 3. The molecule has 0 radical (unpaired) electrons. The molecule has 0 spiro atoms. The van der Waals surface area contributed by atoms with Crippen molar-refractivity contribution in [3.63, 3.8) is 0 Å². The molecule has 0 aromatic carbocycles. The van der Waals surface area contributed by atoms with Gasteiger partial charge in [0.2, 0.25) is 0 Å². The Kier molecular flexibility index (Phi) is 3.55. The molecule has 0 N–H and O–H groups in total. The first-order valence-corrected chi connectivity index (χ1v) is 8.68. The van der Waals surface area contributed by atoms with Crippen LogP contribution < -0.4 is 0 Å². The number of allylic oxidation sites excluding steroid dienone is 4. The van der Waals surface area contributed by atoms with Gasteiger partial charge in [-0.3, -0.25) is 14.4 Å². The fourth-order valence-corrected chi connectivity index (χ4v) is 5.13. The highest BCUT2D eigenvalue weighted by Crippen LogP contribution is 2.59. The minimum Gasteiger partial charge on any atom is -0.294 e. The van der Waals surface area contributed by atoms with Crippen LogP contribution in [0.25, 0.3) is 0 Å². The normalized spacial score (nSPS) is 33.6. The maximum absolute atomic E-state index is 12.9. The largest absolute Gasteiger partial charge is 0.294 e. The van der Waals surface area contributed by atoms with E-state index < -0.39 is 0 Å². The second-order valence-corrected chi connectivity index (χ2v) is 8.64. The Balaban J connectivity index is 2.19. The molecular weight excluding hydrogens is 288 g/mol. The molecule has 1 fully saturated rings. The zero-order chi connectivity index (χ0) is 17.2. The Bertz CT molecular complexity index is 675. The Morgan fingerprint density at radius 1 is 1.09 bits per heavy atom. The lowest BCUT2D eigenvalue weighted by Crippen LogP contribution is -2.51. The number of hydrogen-bond donors (Lipinski definition) is 0. The van der Waals surface area contributed by atoms with E-state index in [1.54, 1.807) is 0 Å². The maximum Gasteiger partial charge on any atom is 0.193 e. The topological polar surface area (TPSA) is 51.2 Å². The average molecular weight is 314 g/mol. The molecule has 0 saturated heterocycles. The molecule has 3 aliphatic rings. The Hall–Kier alpha value is -1.51. The summed E-state index contributed by atoms with van der Waals surface area (Å²) in [7, 11) is 0. The van der Waals surface area contributed by atoms with E-state index in [0.29, 0.717) is 17.6 Å². The lowest BCUT2D eigenvalue weighted by atomic mass is 9.48. The van der Waals surface area contributed by atoms with Crippen LogP contribution in [0.5, 0.6) is 0 Å². The van der Waals surface area contributed by atoms with Crippen LogP contribution in [-0.2, 0) is 14.4 Å². The van der Waals surface area contributed by atoms with Crippen LogP contribution in [0.3, 0.4) is 0 Å². The highest BCUT2D eigenvalue weighted by Gasteiger charge is 2.56. The van der Waals surface area contributed by atoms with Crippen molar-refractivity contribution in [2.75, 3.05) is 0 Å². The summed E-state index contributed by atoms with van der Waals surface area (Å²) in [6.07, 6.45) is 4.88. The fourth-order valence-electron chi connectivity index (χ4n) is 5.13. The summed E-state index contributed by atoms with van der Waals surface area (Å²) in [6.45, 7) is 10.3. The number of carbonyl (C=O) groups is 3. The standard InChI is InChI=1S/C20H26O3/c1-11(2)12-9-14(22)17-16(18(12)23)13(21)10-15-19(3,4)7-6-8-20(15,17)5/h9,11,15H,6-8,10H2,1-5H3. The molecule has 2 atom stereocenters. The monoisotopic (exact) mass is 314 g/mol. The summed E-state index contributed by atoms with van der Waals surface area (Å²) in [4.78, 5) is 38.5. The number of carbonyl (C=O) groups excluding carboxylic acids is 3. The third kappa shape index (κ3) is 2.20. The van der Waals surface area contributed by atoms with Crippen LogP contribution in [0.15, 0.2) is 22.8 Å². The molecule has 0 bridgehead atoms. The molecule has 0 heterocycles. The Morgan fingerprint density at radius 2 is 1.74 bits per heavy atom. The smallest absolute Gasteiger partial charge is 0.193 e. The predicted molar refractivity (Wildman–Crippen MR) is 88.8 cm³/mol. The number of rotatable bonds is 1. The lowest BCUT2D eigenvalue weighted by Gasteiger charge is -2.54. The van der Waals surface area contributed by atoms with Gasteiger partial charge in [0.1, 0.15) is 0 Å². The second-order valence-electron chi connectivity index (χ2n) is 8.64. The van der Waals surface area contributed by atoms with Crippen LogP contribution in [-0.4, -0.2) is 17.3 Å². The first-order chi connectivity index (χ1) is 10.6. The minimum atomic E-state index is -0.350. The summed E-state index contributed by atoms with van der Waals surface area (Å²) in [5.74, 6) is -0.339. The number of Topliss-reactive ketones (excluding diaryl/α,β-unsaturated/α-hetero) is 2. The fraction of sp³-hybridized carbons (Fsp3) is 0.650. The van der Waals surface area contributed by atoms with Gasteiger partial charge in [0, 0.05) is 23.0 Å². The second kappa shape index (κ2) is 4.99. The molecule has 3 aliphatic carbocycles.